The van der Waals surface area contributed by atoms with Gasteiger partial charge in [-0.05, 0) is 6.42 Å². The number of hydroxylamine groups is 1. The van der Waals surface area contributed by atoms with Crippen LogP contribution >= 0.6 is 0 Å². The maximum Gasteiger partial charge on any atom is 0.314 e. The Morgan fingerprint density at radius 2 is 2.50 bits per heavy atom. The van der Waals surface area contributed by atoms with E-state index in [2.05, 4.69) is 20.4 Å². The monoisotopic (exact) mass is 228 g/mol. The normalized spacial score (nSPS) is 23.2. The van der Waals surface area contributed by atoms with Crippen LogP contribution in [0.1, 0.15) is 48.4 Å². The molecule has 0 aromatic carbocycles. The topological polar surface area (TPSA) is 69.0 Å². The molecule has 2 unspecified atom stereocenters. The number of nitrogens with one attached hydrogen (secondary N) is 1. The molecule has 0 bridgehead atoms. The number of fused-ring (bicyclic) bond motifs is 1. The van der Waals surface area contributed by atoms with Crippen molar-refractivity contribution in [3.05, 3.63) is 11.6 Å². The lowest BCUT2D eigenvalue weighted by Gasteiger charge is -2.06. The van der Waals surface area contributed by atoms with E-state index in [9.17, 15) is 9.18 Å². The van der Waals surface area contributed by atoms with Gasteiger partial charge in [-0.3, -0.25) is 9.63 Å². The minimum Gasteiger partial charge on any atom is -0.277 e. The summed E-state index contributed by atoms with van der Waals surface area (Å²) in [6.45, 7) is 1.95. The van der Waals surface area contributed by atoms with Crippen LogP contribution < -0.4 is 5.48 Å². The van der Waals surface area contributed by atoms with Gasteiger partial charge in [-0.15, -0.1) is 5.10 Å². The molecule has 1 N–H and O–H groups in total. The number of hydrogen-bond donors (Lipinski definition) is 1. The van der Waals surface area contributed by atoms with E-state index in [1.54, 1.807) is 0 Å². The Balaban J connectivity index is 2.27. The molecule has 0 fully saturated rings. The molecule has 1 aromatic heterocycles. The highest BCUT2D eigenvalue weighted by Gasteiger charge is 2.34. The van der Waals surface area contributed by atoms with E-state index in [1.807, 2.05) is 6.92 Å². The van der Waals surface area contributed by atoms with Gasteiger partial charge in [-0.1, -0.05) is 6.92 Å². The van der Waals surface area contributed by atoms with Gasteiger partial charge in [-0.25, -0.2) is 19.5 Å². The summed E-state index contributed by atoms with van der Waals surface area (Å²) in [7, 11) is 1.31. The Labute approximate surface area is 91.8 Å². The van der Waals surface area contributed by atoms with Crippen molar-refractivity contribution in [1.29, 1.82) is 0 Å². The highest BCUT2D eigenvalue weighted by molar-refractivity contribution is 5.89. The number of hydrogen-bond acceptors (Lipinski definition) is 4. The molecule has 1 aliphatic heterocycles. The smallest absolute Gasteiger partial charge is 0.277 e. The number of aromatic nitrogens is 3. The Bertz CT molecular complexity index is 406. The van der Waals surface area contributed by atoms with Gasteiger partial charge in [0.25, 0.3) is 0 Å². The van der Waals surface area contributed by atoms with E-state index in [4.69, 9.17) is 0 Å². The zero-order valence-electron chi connectivity index (χ0n) is 9.11. The van der Waals surface area contributed by atoms with E-state index in [1.165, 1.54) is 11.8 Å². The van der Waals surface area contributed by atoms with Gasteiger partial charge in [0.05, 0.1) is 13.2 Å². The molecular weight excluding hydrogens is 215 g/mol. The van der Waals surface area contributed by atoms with Crippen LogP contribution in [0.4, 0.5) is 4.39 Å². The van der Waals surface area contributed by atoms with Crippen LogP contribution in [0, 0.1) is 0 Å². The number of rotatable bonds is 3. The predicted molar refractivity (Wildman–Crippen MR) is 52.3 cm³/mol. The summed E-state index contributed by atoms with van der Waals surface area (Å²) < 4.78 is 15.0. The van der Waals surface area contributed by atoms with Gasteiger partial charge in [0.1, 0.15) is 0 Å². The van der Waals surface area contributed by atoms with Crippen LogP contribution in [0.3, 0.4) is 0 Å². The molecule has 0 saturated heterocycles. The van der Waals surface area contributed by atoms with Crippen LogP contribution in [0.15, 0.2) is 0 Å². The Morgan fingerprint density at radius 3 is 3.12 bits per heavy atom. The largest absolute Gasteiger partial charge is 0.314 e. The third-order valence-electron chi connectivity index (χ3n) is 2.63. The van der Waals surface area contributed by atoms with Gasteiger partial charge in [0, 0.05) is 6.42 Å². The van der Waals surface area contributed by atoms with Crippen molar-refractivity contribution in [3.63, 3.8) is 0 Å². The first-order valence-electron chi connectivity index (χ1n) is 5.11. The van der Waals surface area contributed by atoms with E-state index >= 15 is 0 Å². The van der Waals surface area contributed by atoms with Gasteiger partial charge in [-0.2, -0.15) is 0 Å². The molecule has 2 atom stereocenters. The lowest BCUT2D eigenvalue weighted by Crippen LogP contribution is -2.23. The van der Waals surface area contributed by atoms with Crippen LogP contribution in [-0.2, 0) is 4.84 Å². The quantitative estimate of drug-likeness (QED) is 0.781. The molecule has 0 aliphatic carbocycles. The molecule has 16 heavy (non-hydrogen) atoms. The Morgan fingerprint density at radius 1 is 1.75 bits per heavy atom. The fraction of sp³-hybridized carbons (Fsp3) is 0.667. The maximum absolute atomic E-state index is 13.5. The molecule has 0 saturated carbocycles. The van der Waals surface area contributed by atoms with Crippen molar-refractivity contribution < 1.29 is 14.0 Å². The van der Waals surface area contributed by atoms with Gasteiger partial charge in [0.2, 0.25) is 5.82 Å². The number of carbonyl (C=O) groups is 1. The van der Waals surface area contributed by atoms with Crippen LogP contribution in [0.5, 0.6) is 0 Å². The van der Waals surface area contributed by atoms with E-state index in [-0.39, 0.29) is 17.7 Å². The van der Waals surface area contributed by atoms with Crippen molar-refractivity contribution in [2.24, 2.45) is 0 Å². The minimum atomic E-state index is -1.14. The van der Waals surface area contributed by atoms with Gasteiger partial charge in [0.15, 0.2) is 12.0 Å². The number of nitrogens with zero attached hydrogens (tertiary/aromatic N) is 3. The third-order valence-corrected chi connectivity index (χ3v) is 2.63. The summed E-state index contributed by atoms with van der Waals surface area (Å²) in [6, 6.07) is -0.0124. The van der Waals surface area contributed by atoms with Crippen molar-refractivity contribution in [2.45, 2.75) is 32.0 Å². The van der Waals surface area contributed by atoms with Crippen LogP contribution in [0.2, 0.25) is 0 Å². The van der Waals surface area contributed by atoms with Crippen molar-refractivity contribution in [2.75, 3.05) is 7.11 Å². The molecule has 88 valence electrons. The van der Waals surface area contributed by atoms with E-state index in [0.29, 0.717) is 6.42 Å². The number of alkyl halides is 1. The summed E-state index contributed by atoms with van der Waals surface area (Å²) >= 11 is 0. The Kier molecular flexibility index (Phi) is 2.86. The fourth-order valence-corrected chi connectivity index (χ4v) is 1.84. The van der Waals surface area contributed by atoms with Crippen molar-refractivity contribution in [3.8, 4) is 0 Å². The maximum atomic E-state index is 13.5. The average molecular weight is 228 g/mol. The van der Waals surface area contributed by atoms with Gasteiger partial charge < -0.3 is 0 Å². The first kappa shape index (κ1) is 11.0. The molecule has 0 spiro atoms. The minimum absolute atomic E-state index is 0.0124. The first-order valence-corrected chi connectivity index (χ1v) is 5.11. The summed E-state index contributed by atoms with van der Waals surface area (Å²) in [4.78, 5) is 19.7. The van der Waals surface area contributed by atoms with Crippen molar-refractivity contribution >= 4 is 5.91 Å². The third kappa shape index (κ3) is 1.67. The summed E-state index contributed by atoms with van der Waals surface area (Å²) in [6.07, 6.45) is 0.0154. The first-order chi connectivity index (χ1) is 7.67. The molecular formula is C9H13FN4O2. The van der Waals surface area contributed by atoms with E-state index < -0.39 is 12.1 Å². The lowest BCUT2D eigenvalue weighted by molar-refractivity contribution is 0.0525. The second kappa shape index (κ2) is 4.17. The zero-order valence-corrected chi connectivity index (χ0v) is 9.11. The molecule has 2 rings (SSSR count). The second-order valence-corrected chi connectivity index (χ2v) is 3.64. The molecule has 2 heterocycles. The van der Waals surface area contributed by atoms with Crippen LogP contribution in [-0.4, -0.2) is 27.8 Å². The van der Waals surface area contributed by atoms with Crippen molar-refractivity contribution in [1.82, 2.24) is 20.2 Å². The van der Waals surface area contributed by atoms with E-state index in [0.717, 1.165) is 6.42 Å². The highest BCUT2D eigenvalue weighted by atomic mass is 19.1. The number of amides is 1. The summed E-state index contributed by atoms with van der Waals surface area (Å²) in [5.41, 5.74) is 2.10. The standard InChI is InChI=1S/C9H13FN4O2/c1-3-5-4-6(10)8-11-7(12-14(5)8)9(15)13-16-2/h5-6H,3-4H2,1-2H3,(H,13,15). The molecule has 0 radical (unpaired) electrons. The average Bonchev–Trinajstić information content (AvgIpc) is 2.80. The molecule has 1 amide bonds. The molecule has 1 aromatic rings. The molecule has 7 heteroatoms. The zero-order chi connectivity index (χ0) is 11.7. The molecule has 1 aliphatic rings. The lowest BCUT2D eigenvalue weighted by atomic mass is 10.1. The van der Waals surface area contributed by atoms with Crippen LogP contribution in [0.25, 0.3) is 0 Å². The predicted octanol–water partition coefficient (Wildman–Crippen LogP) is 0.935. The Hall–Kier alpha value is -1.50. The van der Waals surface area contributed by atoms with Gasteiger partial charge >= 0.3 is 5.91 Å². The fourth-order valence-electron chi connectivity index (χ4n) is 1.84. The highest BCUT2D eigenvalue weighted by Crippen LogP contribution is 2.36. The number of halogens is 1. The summed E-state index contributed by atoms with van der Waals surface area (Å²) in [5.74, 6) is -0.391. The molecule has 6 nitrogen and oxygen atoms in total. The summed E-state index contributed by atoms with van der Waals surface area (Å²) in [5, 5.41) is 3.99. The SMILES string of the molecule is CCC1CC(F)c2nc(C(=O)NOC)nn21. The second-order valence-electron chi connectivity index (χ2n) is 3.64. The number of carbonyl (C=O) groups excluding carboxylic acids is 1.